The van der Waals surface area contributed by atoms with Gasteiger partial charge in [0.25, 0.3) is 0 Å². The van der Waals surface area contributed by atoms with Crippen LogP contribution in [0.5, 0.6) is 0 Å². The van der Waals surface area contributed by atoms with Gasteiger partial charge in [0.15, 0.2) is 5.65 Å². The summed E-state index contributed by atoms with van der Waals surface area (Å²) in [4.78, 5) is 25.0. The van der Waals surface area contributed by atoms with E-state index < -0.39 is 0 Å². The first-order chi connectivity index (χ1) is 9.15. The van der Waals surface area contributed by atoms with Crippen molar-refractivity contribution in [2.24, 2.45) is 5.92 Å². The molecule has 1 aliphatic rings. The Morgan fingerprint density at radius 2 is 2.32 bits per heavy atom. The number of H-pyrrole nitrogens is 1. The van der Waals surface area contributed by atoms with E-state index in [2.05, 4.69) is 20.2 Å². The third-order valence-electron chi connectivity index (χ3n) is 3.58. The summed E-state index contributed by atoms with van der Waals surface area (Å²) in [6, 6.07) is 3.58. The van der Waals surface area contributed by atoms with Crippen LogP contribution in [-0.4, -0.2) is 38.7 Å². The fraction of sp³-hybridized carbons (Fsp3) is 0.500. The van der Waals surface area contributed by atoms with Crippen LogP contribution in [0.4, 0.5) is 5.82 Å². The largest absolute Gasteiger partial charge is 0.364 e. The minimum Gasteiger partial charge on any atom is -0.354 e. The lowest BCUT2D eigenvalue weighted by molar-refractivity contribution is -0.120. The molecule has 3 rings (SSSR count). The number of rotatable bonds is 2. The smallest absolute Gasteiger partial charge is 0.354 e. The number of Topliss-reactive ketones (excluding diaryl/α,β-unsaturated/α-hetero) is 1. The molecule has 0 radical (unpaired) electrons. The molecule has 0 spiro atoms. The maximum atomic E-state index is 11.5. The Kier molecular flexibility index (Phi) is 2.81. The molecule has 7 heteroatoms. The molecule has 0 aliphatic carbocycles. The van der Waals surface area contributed by atoms with Crippen LogP contribution in [0.1, 0.15) is 19.8 Å². The summed E-state index contributed by atoms with van der Waals surface area (Å²) >= 11 is 0. The highest BCUT2D eigenvalue weighted by molar-refractivity contribution is 5.79. The fourth-order valence-corrected chi connectivity index (χ4v) is 2.48. The quantitative estimate of drug-likeness (QED) is 0.836. The normalized spacial score (nSPS) is 19.8. The van der Waals surface area contributed by atoms with Gasteiger partial charge in [-0.05, 0) is 31.9 Å². The van der Waals surface area contributed by atoms with Crippen LogP contribution >= 0.6 is 0 Å². The van der Waals surface area contributed by atoms with Gasteiger partial charge < -0.3 is 4.90 Å². The molecule has 2 aromatic rings. The monoisotopic (exact) mass is 261 g/mol. The maximum absolute atomic E-state index is 11.5. The van der Waals surface area contributed by atoms with Gasteiger partial charge in [-0.2, -0.15) is 9.61 Å². The Balaban J connectivity index is 1.92. The number of anilines is 1. The second kappa shape index (κ2) is 4.49. The van der Waals surface area contributed by atoms with Crippen LogP contribution in [0.25, 0.3) is 5.65 Å². The molecule has 0 saturated carbocycles. The van der Waals surface area contributed by atoms with E-state index in [9.17, 15) is 9.59 Å². The van der Waals surface area contributed by atoms with E-state index in [1.807, 2.05) is 6.07 Å². The summed E-state index contributed by atoms with van der Waals surface area (Å²) in [7, 11) is 0. The lowest BCUT2D eigenvalue weighted by atomic mass is 9.95. The Bertz CT molecular complexity index is 674. The van der Waals surface area contributed by atoms with E-state index >= 15 is 0 Å². The van der Waals surface area contributed by atoms with Crippen LogP contribution in [0, 0.1) is 5.92 Å². The van der Waals surface area contributed by atoms with Crippen molar-refractivity contribution >= 4 is 17.2 Å². The highest BCUT2D eigenvalue weighted by Gasteiger charge is 2.24. The van der Waals surface area contributed by atoms with Crippen molar-refractivity contribution in [1.82, 2.24) is 19.8 Å². The Morgan fingerprint density at radius 1 is 1.47 bits per heavy atom. The molecule has 1 N–H and O–H groups in total. The zero-order valence-electron chi connectivity index (χ0n) is 10.7. The van der Waals surface area contributed by atoms with Crippen molar-refractivity contribution in [2.75, 3.05) is 18.0 Å². The lowest BCUT2D eigenvalue weighted by Gasteiger charge is -2.32. The van der Waals surface area contributed by atoms with E-state index in [0.717, 1.165) is 19.4 Å². The number of carbonyl (C=O) groups is 1. The number of aromatic nitrogens is 4. The van der Waals surface area contributed by atoms with Crippen molar-refractivity contribution in [3.05, 3.63) is 22.6 Å². The predicted molar refractivity (Wildman–Crippen MR) is 69.2 cm³/mol. The summed E-state index contributed by atoms with van der Waals surface area (Å²) in [5, 5.41) is 10.5. The number of carbonyl (C=O) groups excluding carboxylic acids is 1. The predicted octanol–water partition coefficient (Wildman–Crippen LogP) is 0.223. The van der Waals surface area contributed by atoms with Gasteiger partial charge in [0.2, 0.25) is 0 Å². The molecule has 0 aromatic carbocycles. The number of aromatic amines is 1. The van der Waals surface area contributed by atoms with Crippen LogP contribution in [-0.2, 0) is 4.79 Å². The molecule has 1 atom stereocenters. The topological polar surface area (TPSA) is 83.4 Å². The van der Waals surface area contributed by atoms with Crippen molar-refractivity contribution in [2.45, 2.75) is 19.8 Å². The number of hydrogen-bond acceptors (Lipinski definition) is 5. The van der Waals surface area contributed by atoms with E-state index in [1.54, 1.807) is 13.0 Å². The summed E-state index contributed by atoms with van der Waals surface area (Å²) in [6.07, 6.45) is 1.89. The highest BCUT2D eigenvalue weighted by Crippen LogP contribution is 2.21. The van der Waals surface area contributed by atoms with Gasteiger partial charge in [-0.25, -0.2) is 9.89 Å². The van der Waals surface area contributed by atoms with Crippen LogP contribution in [0.3, 0.4) is 0 Å². The minimum absolute atomic E-state index is 0.0623. The summed E-state index contributed by atoms with van der Waals surface area (Å²) in [5.41, 5.74) is 0.144. The van der Waals surface area contributed by atoms with Crippen molar-refractivity contribution < 1.29 is 4.79 Å². The van der Waals surface area contributed by atoms with Gasteiger partial charge in [0, 0.05) is 19.0 Å². The number of fused-ring (bicyclic) bond motifs is 1. The number of ketones is 1. The Hall–Kier alpha value is -2.18. The SMILES string of the molecule is CC(=O)C1CCCN(c2ccc3n[nH]c(=O)n3n2)C1. The van der Waals surface area contributed by atoms with Gasteiger partial charge >= 0.3 is 5.69 Å². The molecule has 0 bridgehead atoms. The van der Waals surface area contributed by atoms with E-state index in [-0.39, 0.29) is 17.4 Å². The maximum Gasteiger partial charge on any atom is 0.364 e. The van der Waals surface area contributed by atoms with Gasteiger partial charge in [0.05, 0.1) is 0 Å². The molecule has 3 heterocycles. The van der Waals surface area contributed by atoms with Gasteiger partial charge in [-0.15, -0.1) is 5.10 Å². The number of hydrogen-bond donors (Lipinski definition) is 1. The molecule has 1 aliphatic heterocycles. The standard InChI is InChI=1S/C12H15N5O2/c1-8(18)9-3-2-6-16(7-9)11-5-4-10-13-14-12(19)17(10)15-11/h4-5,9H,2-3,6-7H2,1H3,(H,14,19). The van der Waals surface area contributed by atoms with Crippen LogP contribution < -0.4 is 10.6 Å². The van der Waals surface area contributed by atoms with E-state index in [1.165, 1.54) is 4.52 Å². The van der Waals surface area contributed by atoms with Crippen LogP contribution in [0.15, 0.2) is 16.9 Å². The first-order valence-corrected chi connectivity index (χ1v) is 6.35. The molecule has 1 saturated heterocycles. The zero-order chi connectivity index (χ0) is 13.4. The Morgan fingerprint density at radius 3 is 3.11 bits per heavy atom. The summed E-state index contributed by atoms with van der Waals surface area (Å²) < 4.78 is 1.24. The second-order valence-corrected chi connectivity index (χ2v) is 4.89. The molecule has 7 nitrogen and oxygen atoms in total. The van der Waals surface area contributed by atoms with Crippen LogP contribution in [0.2, 0.25) is 0 Å². The van der Waals surface area contributed by atoms with E-state index in [0.29, 0.717) is 18.0 Å². The molecule has 100 valence electrons. The average Bonchev–Trinajstić information content (AvgIpc) is 2.80. The molecule has 2 aromatic heterocycles. The van der Waals surface area contributed by atoms with Gasteiger partial charge in [-0.3, -0.25) is 4.79 Å². The number of piperidine rings is 1. The third-order valence-corrected chi connectivity index (χ3v) is 3.58. The summed E-state index contributed by atoms with van der Waals surface area (Å²) in [5.74, 6) is 0.987. The molecule has 19 heavy (non-hydrogen) atoms. The summed E-state index contributed by atoms with van der Waals surface area (Å²) in [6.45, 7) is 3.15. The average molecular weight is 261 g/mol. The van der Waals surface area contributed by atoms with E-state index in [4.69, 9.17) is 0 Å². The fourth-order valence-electron chi connectivity index (χ4n) is 2.48. The molecule has 0 amide bonds. The first-order valence-electron chi connectivity index (χ1n) is 6.35. The number of nitrogens with zero attached hydrogens (tertiary/aromatic N) is 4. The Labute approximate surface area is 109 Å². The van der Waals surface area contributed by atoms with Gasteiger partial charge in [0.1, 0.15) is 11.6 Å². The highest BCUT2D eigenvalue weighted by atomic mass is 16.2. The lowest BCUT2D eigenvalue weighted by Crippen LogP contribution is -2.39. The molecular formula is C12H15N5O2. The molecular weight excluding hydrogens is 246 g/mol. The molecule has 1 fully saturated rings. The van der Waals surface area contributed by atoms with Crippen molar-refractivity contribution in [1.29, 1.82) is 0 Å². The third kappa shape index (κ3) is 2.11. The minimum atomic E-state index is -0.350. The second-order valence-electron chi connectivity index (χ2n) is 4.89. The van der Waals surface area contributed by atoms with Crippen molar-refractivity contribution in [3.63, 3.8) is 0 Å². The van der Waals surface area contributed by atoms with Crippen molar-refractivity contribution in [3.8, 4) is 0 Å². The van der Waals surface area contributed by atoms with Gasteiger partial charge in [-0.1, -0.05) is 0 Å². The first kappa shape index (κ1) is 11.9. The molecule has 1 unspecified atom stereocenters. The zero-order valence-corrected chi connectivity index (χ0v) is 10.7. The number of nitrogens with one attached hydrogen (secondary N) is 1.